The first-order chi connectivity index (χ1) is 17.4. The minimum atomic E-state index is -1.56. The van der Waals surface area contributed by atoms with E-state index in [-0.39, 0.29) is 31.1 Å². The molecular weight excluding hydrogens is 506 g/mol. The molecule has 11 N–H and O–H groups in total. The molecule has 0 aliphatic rings. The fourth-order valence-corrected chi connectivity index (χ4v) is 3.35. The molecule has 1 rings (SSSR count). The van der Waals surface area contributed by atoms with Gasteiger partial charge in [0.2, 0.25) is 17.7 Å². The SMILES string of the molecule is NC(N)=NCCCC(N)C(=O)NC(CC(=O)O)C(=O)NC(Cc1ccccc1)C(=O)NC(CS)C(=O)O. The van der Waals surface area contributed by atoms with E-state index in [1.165, 1.54) is 0 Å². The van der Waals surface area contributed by atoms with E-state index in [0.29, 0.717) is 12.0 Å². The molecule has 0 saturated heterocycles. The van der Waals surface area contributed by atoms with Crippen LogP contribution in [0.5, 0.6) is 0 Å². The second kappa shape index (κ2) is 16.0. The zero-order valence-electron chi connectivity index (χ0n) is 20.0. The number of nitrogens with one attached hydrogen (secondary N) is 3. The zero-order valence-corrected chi connectivity index (χ0v) is 20.9. The maximum atomic E-state index is 13.0. The van der Waals surface area contributed by atoms with Crippen molar-refractivity contribution in [1.82, 2.24) is 16.0 Å². The molecule has 0 aromatic heterocycles. The third kappa shape index (κ3) is 12.1. The highest BCUT2D eigenvalue weighted by Gasteiger charge is 2.31. The molecule has 0 saturated carbocycles. The van der Waals surface area contributed by atoms with Gasteiger partial charge in [-0.25, -0.2) is 4.79 Å². The summed E-state index contributed by atoms with van der Waals surface area (Å²) in [6, 6.07) is 3.32. The first kappa shape index (κ1) is 31.2. The normalized spacial score (nSPS) is 13.8. The second-order valence-corrected chi connectivity index (χ2v) is 8.41. The fraction of sp³-hybridized carbons (Fsp3) is 0.455. The summed E-state index contributed by atoms with van der Waals surface area (Å²) < 4.78 is 0. The number of amides is 3. The molecule has 4 unspecified atom stereocenters. The van der Waals surface area contributed by atoms with Crippen molar-refractivity contribution >= 4 is 48.2 Å². The molecule has 0 aliphatic heterocycles. The summed E-state index contributed by atoms with van der Waals surface area (Å²) in [6.45, 7) is 0.224. The Balaban J connectivity index is 3.00. The van der Waals surface area contributed by atoms with Gasteiger partial charge in [-0.1, -0.05) is 30.3 Å². The molecule has 3 amide bonds. The summed E-state index contributed by atoms with van der Waals surface area (Å²) >= 11 is 3.91. The molecule has 0 spiro atoms. The number of hydrogen-bond acceptors (Lipinski definition) is 8. The summed E-state index contributed by atoms with van der Waals surface area (Å²) in [6.07, 6.45) is -0.303. The number of nitrogens with two attached hydrogens (primary N) is 3. The van der Waals surface area contributed by atoms with Crippen LogP contribution in [-0.4, -0.2) is 82.3 Å². The minimum Gasteiger partial charge on any atom is -0.481 e. The number of nitrogens with zero attached hydrogens (tertiary/aromatic N) is 1. The maximum Gasteiger partial charge on any atom is 0.327 e. The standard InChI is InChI=1S/C22H33N7O7S/c23-13(7-4-8-26-22(24)25)18(32)27-15(10-17(30)31)20(34)28-14(9-12-5-2-1-3-6-12)19(33)29-16(11-37)21(35)36/h1-3,5-6,13-16,37H,4,7-11,23H2,(H,27,32)(H,28,34)(H,29,33)(H,30,31)(H,35,36)(H4,24,25,26). The number of guanidine groups is 1. The number of carboxylic acid groups (broad SMARTS) is 2. The highest BCUT2D eigenvalue weighted by Crippen LogP contribution is 2.06. The van der Waals surface area contributed by atoms with Gasteiger partial charge in [0.1, 0.15) is 18.1 Å². The largest absolute Gasteiger partial charge is 0.481 e. The maximum absolute atomic E-state index is 13.0. The number of aliphatic imine (C=N–C) groups is 1. The number of carboxylic acids is 2. The summed E-state index contributed by atoms with van der Waals surface area (Å²) in [7, 11) is 0. The van der Waals surface area contributed by atoms with Crippen LogP contribution in [0, 0.1) is 0 Å². The van der Waals surface area contributed by atoms with Gasteiger partial charge in [-0.05, 0) is 18.4 Å². The Bertz CT molecular complexity index is 973. The Labute approximate surface area is 218 Å². The Hall–Kier alpha value is -3.85. The van der Waals surface area contributed by atoms with E-state index < -0.39 is 60.2 Å². The zero-order chi connectivity index (χ0) is 28.0. The molecule has 37 heavy (non-hydrogen) atoms. The number of hydrogen-bond donors (Lipinski definition) is 9. The second-order valence-electron chi connectivity index (χ2n) is 8.05. The molecule has 1 aromatic carbocycles. The van der Waals surface area contributed by atoms with Crippen molar-refractivity contribution in [2.24, 2.45) is 22.2 Å². The van der Waals surface area contributed by atoms with E-state index in [4.69, 9.17) is 17.2 Å². The average Bonchev–Trinajstić information content (AvgIpc) is 2.83. The molecule has 1 aromatic rings. The van der Waals surface area contributed by atoms with Crippen LogP contribution >= 0.6 is 12.6 Å². The van der Waals surface area contributed by atoms with Gasteiger partial charge in [-0.15, -0.1) is 0 Å². The van der Waals surface area contributed by atoms with Crippen molar-refractivity contribution in [2.75, 3.05) is 12.3 Å². The lowest BCUT2D eigenvalue weighted by Crippen LogP contribution is -2.58. The van der Waals surface area contributed by atoms with Crippen molar-refractivity contribution < 1.29 is 34.2 Å². The average molecular weight is 540 g/mol. The number of carbonyl (C=O) groups is 5. The van der Waals surface area contributed by atoms with Crippen molar-refractivity contribution in [3.63, 3.8) is 0 Å². The minimum absolute atomic E-state index is 0.0324. The smallest absolute Gasteiger partial charge is 0.327 e. The summed E-state index contributed by atoms with van der Waals surface area (Å²) in [5, 5.41) is 25.5. The third-order valence-corrected chi connectivity index (χ3v) is 5.39. The highest BCUT2D eigenvalue weighted by atomic mass is 32.1. The van der Waals surface area contributed by atoms with E-state index >= 15 is 0 Å². The number of benzene rings is 1. The van der Waals surface area contributed by atoms with Crippen LogP contribution in [0.2, 0.25) is 0 Å². The molecule has 0 heterocycles. The van der Waals surface area contributed by atoms with Gasteiger partial charge in [0.05, 0.1) is 12.5 Å². The van der Waals surface area contributed by atoms with E-state index in [2.05, 4.69) is 33.6 Å². The van der Waals surface area contributed by atoms with Crippen molar-refractivity contribution in [1.29, 1.82) is 0 Å². The van der Waals surface area contributed by atoms with Crippen LogP contribution in [0.25, 0.3) is 0 Å². The lowest BCUT2D eigenvalue weighted by molar-refractivity contribution is -0.142. The molecule has 0 aliphatic carbocycles. The van der Waals surface area contributed by atoms with E-state index in [1.807, 2.05) is 0 Å². The summed E-state index contributed by atoms with van der Waals surface area (Å²) in [4.78, 5) is 64.8. The molecule has 15 heteroatoms. The van der Waals surface area contributed by atoms with E-state index in [1.54, 1.807) is 30.3 Å². The Morgan fingerprint density at radius 1 is 0.892 bits per heavy atom. The molecule has 0 radical (unpaired) electrons. The quantitative estimate of drug-likeness (QED) is 0.0464. The van der Waals surface area contributed by atoms with Crippen LogP contribution in [0.3, 0.4) is 0 Å². The van der Waals surface area contributed by atoms with Gasteiger partial charge >= 0.3 is 11.9 Å². The lowest BCUT2D eigenvalue weighted by atomic mass is 10.0. The Morgan fingerprint density at radius 2 is 1.46 bits per heavy atom. The predicted octanol–water partition coefficient (Wildman–Crippen LogP) is -2.45. The van der Waals surface area contributed by atoms with E-state index in [9.17, 15) is 34.2 Å². The van der Waals surface area contributed by atoms with Crippen molar-refractivity contribution in [3.8, 4) is 0 Å². The molecule has 0 bridgehead atoms. The fourth-order valence-electron chi connectivity index (χ4n) is 3.10. The van der Waals surface area contributed by atoms with Gasteiger partial charge in [-0.2, -0.15) is 12.6 Å². The van der Waals surface area contributed by atoms with Crippen LogP contribution in [0.15, 0.2) is 35.3 Å². The molecule has 204 valence electrons. The predicted molar refractivity (Wildman–Crippen MR) is 138 cm³/mol. The van der Waals surface area contributed by atoms with Crippen LogP contribution in [0.4, 0.5) is 0 Å². The molecule has 14 nitrogen and oxygen atoms in total. The third-order valence-electron chi connectivity index (χ3n) is 5.03. The van der Waals surface area contributed by atoms with Gasteiger partial charge in [0, 0.05) is 18.7 Å². The summed E-state index contributed by atoms with van der Waals surface area (Å²) in [5.41, 5.74) is 16.9. The van der Waals surface area contributed by atoms with Crippen molar-refractivity contribution in [3.05, 3.63) is 35.9 Å². The highest BCUT2D eigenvalue weighted by molar-refractivity contribution is 7.80. The van der Waals surface area contributed by atoms with Crippen LogP contribution < -0.4 is 33.2 Å². The van der Waals surface area contributed by atoms with Gasteiger partial charge < -0.3 is 43.4 Å². The Kier molecular flexibility index (Phi) is 13.5. The van der Waals surface area contributed by atoms with Gasteiger partial charge in [-0.3, -0.25) is 24.2 Å². The lowest BCUT2D eigenvalue weighted by Gasteiger charge is -2.24. The first-order valence-corrected chi connectivity index (χ1v) is 11.9. The molecular formula is C22H33N7O7S. The number of rotatable bonds is 16. The molecule has 4 atom stereocenters. The van der Waals surface area contributed by atoms with Crippen molar-refractivity contribution in [2.45, 2.75) is 49.9 Å². The number of aliphatic carboxylic acids is 2. The van der Waals surface area contributed by atoms with Gasteiger partial charge in [0.25, 0.3) is 0 Å². The van der Waals surface area contributed by atoms with Crippen LogP contribution in [0.1, 0.15) is 24.8 Å². The monoisotopic (exact) mass is 539 g/mol. The topological polar surface area (TPSA) is 252 Å². The number of thiol groups is 1. The number of carbonyl (C=O) groups excluding carboxylic acids is 3. The van der Waals surface area contributed by atoms with E-state index in [0.717, 1.165) is 0 Å². The Morgan fingerprint density at radius 3 is 2.00 bits per heavy atom. The van der Waals surface area contributed by atoms with Crippen LogP contribution in [-0.2, 0) is 30.4 Å². The molecule has 0 fully saturated rings. The van der Waals surface area contributed by atoms with Gasteiger partial charge in [0.15, 0.2) is 5.96 Å². The summed E-state index contributed by atoms with van der Waals surface area (Å²) in [5.74, 6) is -5.59. The first-order valence-electron chi connectivity index (χ1n) is 11.3.